The third kappa shape index (κ3) is 3.69. The molecule has 1 rings (SSSR count). The zero-order valence-electron chi connectivity index (χ0n) is 9.46. The van der Waals surface area contributed by atoms with E-state index in [1.807, 2.05) is 0 Å². The average Bonchev–Trinajstić information content (AvgIpc) is 2.19. The molecule has 1 aromatic carbocycles. The second-order valence-electron chi connectivity index (χ2n) is 4.50. The molecule has 88 valence electrons. The smallest absolute Gasteiger partial charge is 0.230 e. The predicted octanol–water partition coefficient (Wildman–Crippen LogP) is 3.90. The van der Waals surface area contributed by atoms with Crippen LogP contribution in [0.5, 0.6) is 5.75 Å². The Bertz CT molecular complexity index is 366. The molecule has 2 nitrogen and oxygen atoms in total. The highest BCUT2D eigenvalue weighted by Gasteiger charge is 2.29. The molecular weight excluding hydrogens is 247 g/mol. The van der Waals surface area contributed by atoms with E-state index >= 15 is 0 Å². The topological polar surface area (TPSA) is 26.3 Å². The van der Waals surface area contributed by atoms with Gasteiger partial charge in [0.15, 0.2) is 5.78 Å². The number of Topliss-reactive ketones (excluding diaryl/α,β-unsaturated/α-hetero) is 1. The third-order valence-electron chi connectivity index (χ3n) is 2.00. The van der Waals surface area contributed by atoms with Gasteiger partial charge in [0.25, 0.3) is 0 Å². The minimum Gasteiger partial charge on any atom is -0.467 e. The standard InChI is InChI=1S/C12H14Cl2O2/c1-12(2,3)10(15)11(14)16-9-6-4-8(13)5-7-9/h4-7,11H,1-3H3. The largest absolute Gasteiger partial charge is 0.467 e. The number of carbonyl (C=O) groups is 1. The highest BCUT2D eigenvalue weighted by atomic mass is 35.5. The van der Waals surface area contributed by atoms with Gasteiger partial charge in [0, 0.05) is 10.4 Å². The minimum atomic E-state index is -0.971. The van der Waals surface area contributed by atoms with Gasteiger partial charge in [-0.05, 0) is 24.3 Å². The third-order valence-corrected chi connectivity index (χ3v) is 2.54. The molecule has 0 radical (unpaired) electrons. The van der Waals surface area contributed by atoms with Crippen molar-refractivity contribution in [2.75, 3.05) is 0 Å². The average molecular weight is 261 g/mol. The summed E-state index contributed by atoms with van der Waals surface area (Å²) in [5.74, 6) is 0.381. The lowest BCUT2D eigenvalue weighted by Crippen LogP contribution is -2.32. The lowest BCUT2D eigenvalue weighted by molar-refractivity contribution is -0.130. The lowest BCUT2D eigenvalue weighted by Gasteiger charge is -2.21. The van der Waals surface area contributed by atoms with Crippen molar-refractivity contribution in [2.24, 2.45) is 5.41 Å². The van der Waals surface area contributed by atoms with Gasteiger partial charge in [0.1, 0.15) is 5.75 Å². The fraction of sp³-hybridized carbons (Fsp3) is 0.417. The Labute approximate surface area is 106 Å². The summed E-state index contributed by atoms with van der Waals surface area (Å²) in [6.45, 7) is 5.40. The van der Waals surface area contributed by atoms with Crippen molar-refractivity contribution < 1.29 is 9.53 Å². The molecule has 1 aromatic rings. The van der Waals surface area contributed by atoms with Crippen LogP contribution in [0.1, 0.15) is 20.8 Å². The number of ether oxygens (including phenoxy) is 1. The summed E-state index contributed by atoms with van der Waals surface area (Å²) < 4.78 is 5.31. The van der Waals surface area contributed by atoms with Crippen LogP contribution < -0.4 is 4.74 Å². The number of ketones is 1. The molecule has 4 heteroatoms. The van der Waals surface area contributed by atoms with Crippen LogP contribution in [0, 0.1) is 5.41 Å². The maximum absolute atomic E-state index is 11.8. The molecule has 0 aliphatic heterocycles. The first-order chi connectivity index (χ1) is 7.30. The van der Waals surface area contributed by atoms with E-state index in [1.165, 1.54) is 0 Å². The molecule has 0 saturated heterocycles. The molecule has 0 fully saturated rings. The van der Waals surface area contributed by atoms with Gasteiger partial charge in [-0.15, -0.1) is 0 Å². The summed E-state index contributed by atoms with van der Waals surface area (Å²) in [6.07, 6.45) is 0. The molecule has 0 aromatic heterocycles. The van der Waals surface area contributed by atoms with Crippen LogP contribution in [0.2, 0.25) is 5.02 Å². The monoisotopic (exact) mass is 260 g/mol. The summed E-state index contributed by atoms with van der Waals surface area (Å²) in [5, 5.41) is 0.612. The van der Waals surface area contributed by atoms with Crippen molar-refractivity contribution in [2.45, 2.75) is 26.3 Å². The summed E-state index contributed by atoms with van der Waals surface area (Å²) in [5.41, 5.74) is -1.49. The van der Waals surface area contributed by atoms with Gasteiger partial charge in [-0.2, -0.15) is 0 Å². The van der Waals surface area contributed by atoms with Gasteiger partial charge >= 0.3 is 0 Å². The van der Waals surface area contributed by atoms with Crippen molar-refractivity contribution in [3.63, 3.8) is 0 Å². The van der Waals surface area contributed by atoms with E-state index in [0.29, 0.717) is 10.8 Å². The summed E-state index contributed by atoms with van der Waals surface area (Å²) in [4.78, 5) is 11.8. The highest BCUT2D eigenvalue weighted by molar-refractivity contribution is 6.31. The zero-order valence-corrected chi connectivity index (χ0v) is 11.0. The molecule has 0 saturated carbocycles. The van der Waals surface area contributed by atoms with Gasteiger partial charge < -0.3 is 4.74 Å². The number of hydrogen-bond acceptors (Lipinski definition) is 2. The van der Waals surface area contributed by atoms with E-state index in [9.17, 15) is 4.79 Å². The van der Waals surface area contributed by atoms with Gasteiger partial charge in [-0.3, -0.25) is 4.79 Å². The first-order valence-electron chi connectivity index (χ1n) is 4.91. The molecule has 0 N–H and O–H groups in total. The normalized spacial score (nSPS) is 13.3. The fourth-order valence-electron chi connectivity index (χ4n) is 1.03. The van der Waals surface area contributed by atoms with Gasteiger partial charge in [0.2, 0.25) is 5.56 Å². The summed E-state index contributed by atoms with van der Waals surface area (Å²) in [7, 11) is 0. The predicted molar refractivity (Wildman–Crippen MR) is 66.2 cm³/mol. The Morgan fingerprint density at radius 2 is 1.75 bits per heavy atom. The second kappa shape index (κ2) is 5.07. The van der Waals surface area contributed by atoms with Crippen LogP contribution in [0.15, 0.2) is 24.3 Å². The summed E-state index contributed by atoms with van der Waals surface area (Å²) >= 11 is 11.6. The van der Waals surface area contributed by atoms with Crippen molar-refractivity contribution in [3.8, 4) is 5.75 Å². The van der Waals surface area contributed by atoms with Gasteiger partial charge in [0.05, 0.1) is 0 Å². The molecule has 1 unspecified atom stereocenters. The van der Waals surface area contributed by atoms with E-state index in [0.717, 1.165) is 0 Å². The van der Waals surface area contributed by atoms with E-state index in [1.54, 1.807) is 45.0 Å². The first-order valence-corrected chi connectivity index (χ1v) is 5.73. The number of alkyl halides is 1. The molecule has 0 spiro atoms. The molecular formula is C12H14Cl2O2. The number of benzene rings is 1. The van der Waals surface area contributed by atoms with Crippen LogP contribution in [0.3, 0.4) is 0 Å². The maximum atomic E-state index is 11.8. The van der Waals surface area contributed by atoms with Crippen LogP contribution in [-0.4, -0.2) is 11.3 Å². The Morgan fingerprint density at radius 3 is 2.19 bits per heavy atom. The van der Waals surface area contributed by atoms with E-state index < -0.39 is 11.0 Å². The second-order valence-corrected chi connectivity index (χ2v) is 5.33. The van der Waals surface area contributed by atoms with Crippen molar-refractivity contribution >= 4 is 29.0 Å². The zero-order chi connectivity index (χ0) is 12.3. The molecule has 0 aliphatic rings. The SMILES string of the molecule is CC(C)(C)C(=O)C(Cl)Oc1ccc(Cl)cc1. The Hall–Kier alpha value is -0.730. The quantitative estimate of drug-likeness (QED) is 0.771. The van der Waals surface area contributed by atoms with Crippen LogP contribution in [0.4, 0.5) is 0 Å². The van der Waals surface area contributed by atoms with Crippen LogP contribution >= 0.6 is 23.2 Å². The van der Waals surface area contributed by atoms with Crippen molar-refractivity contribution in [1.29, 1.82) is 0 Å². The minimum absolute atomic E-state index is 0.149. The van der Waals surface area contributed by atoms with Gasteiger partial charge in [-0.1, -0.05) is 44.0 Å². The van der Waals surface area contributed by atoms with Crippen molar-refractivity contribution in [3.05, 3.63) is 29.3 Å². The Morgan fingerprint density at radius 1 is 1.25 bits per heavy atom. The molecule has 0 bridgehead atoms. The molecule has 0 amide bonds. The van der Waals surface area contributed by atoms with E-state index in [2.05, 4.69) is 0 Å². The number of halogens is 2. The Balaban J connectivity index is 2.68. The fourth-order valence-corrected chi connectivity index (χ4v) is 1.58. The first kappa shape index (κ1) is 13.3. The number of rotatable bonds is 3. The van der Waals surface area contributed by atoms with Crippen molar-refractivity contribution in [1.82, 2.24) is 0 Å². The van der Waals surface area contributed by atoms with E-state index in [-0.39, 0.29) is 5.78 Å². The highest BCUT2D eigenvalue weighted by Crippen LogP contribution is 2.23. The number of hydrogen-bond donors (Lipinski definition) is 0. The van der Waals surface area contributed by atoms with Crippen LogP contribution in [-0.2, 0) is 4.79 Å². The lowest BCUT2D eigenvalue weighted by atomic mass is 9.91. The van der Waals surface area contributed by atoms with Crippen LogP contribution in [0.25, 0.3) is 0 Å². The molecule has 0 aliphatic carbocycles. The van der Waals surface area contributed by atoms with Gasteiger partial charge in [-0.25, -0.2) is 0 Å². The molecule has 1 atom stereocenters. The molecule has 16 heavy (non-hydrogen) atoms. The van der Waals surface area contributed by atoms with E-state index in [4.69, 9.17) is 27.9 Å². The number of carbonyl (C=O) groups excluding carboxylic acids is 1. The Kier molecular flexibility index (Phi) is 4.22. The molecule has 0 heterocycles. The maximum Gasteiger partial charge on any atom is 0.230 e. The summed E-state index contributed by atoms with van der Waals surface area (Å²) in [6, 6.07) is 6.71.